The third kappa shape index (κ3) is 6.15. The molecule has 12 heteroatoms. The smallest absolute Gasteiger partial charge is 0.257 e. The fourth-order valence-corrected chi connectivity index (χ4v) is 5.40. The molecule has 1 aliphatic rings. The largest absolute Gasteiger partial charge is 0.487 e. The minimum absolute atomic E-state index is 0.0228. The molecule has 0 aliphatic carbocycles. The predicted molar refractivity (Wildman–Crippen MR) is 132 cm³/mol. The second-order valence-electron chi connectivity index (χ2n) is 9.56. The molecular weight excluding hydrogens is 514 g/mol. The highest BCUT2D eigenvalue weighted by Gasteiger charge is 2.29. The number of halogens is 2. The normalized spacial score (nSPS) is 15.2. The summed E-state index contributed by atoms with van der Waals surface area (Å²) in [6.07, 6.45) is 1.05. The Bertz CT molecular complexity index is 1380. The number of rotatable bonds is 6. The van der Waals surface area contributed by atoms with Crippen molar-refractivity contribution in [2.75, 3.05) is 43.1 Å². The third-order valence-corrected chi connectivity index (χ3v) is 8.50. The number of anilines is 1. The van der Waals surface area contributed by atoms with Crippen molar-refractivity contribution in [3.63, 3.8) is 0 Å². The van der Waals surface area contributed by atoms with Crippen molar-refractivity contribution in [2.45, 2.75) is 43.1 Å². The first-order valence-corrected chi connectivity index (χ1v) is 14.9. The first-order chi connectivity index (χ1) is 16.5. The highest BCUT2D eigenvalue weighted by molar-refractivity contribution is 7.91. The number of hydrogen-bond donors (Lipinski definition) is 0. The van der Waals surface area contributed by atoms with Crippen LogP contribution in [0.15, 0.2) is 40.1 Å². The molecule has 3 rings (SSSR count). The summed E-state index contributed by atoms with van der Waals surface area (Å²) in [6.45, 7) is 7.35. The average molecular weight is 545 g/mol. The highest BCUT2D eigenvalue weighted by Crippen LogP contribution is 2.30. The molecule has 0 unspecified atom stereocenters. The minimum atomic E-state index is -3.92. The summed E-state index contributed by atoms with van der Waals surface area (Å²) in [5.41, 5.74) is -0.641. The second kappa shape index (κ2) is 9.97. The third-order valence-electron chi connectivity index (χ3n) is 5.65. The van der Waals surface area contributed by atoms with Crippen molar-refractivity contribution in [1.29, 1.82) is 0 Å². The first-order valence-electron chi connectivity index (χ1n) is 11.3. The van der Waals surface area contributed by atoms with E-state index < -0.39 is 47.7 Å². The van der Waals surface area contributed by atoms with Gasteiger partial charge in [-0.2, -0.15) is 0 Å². The Morgan fingerprint density at radius 2 is 1.58 bits per heavy atom. The molecule has 1 fully saturated rings. The zero-order valence-corrected chi connectivity index (χ0v) is 22.5. The van der Waals surface area contributed by atoms with E-state index in [1.54, 1.807) is 20.8 Å². The molecule has 8 nitrogen and oxygen atoms in total. The Kier molecular flexibility index (Phi) is 7.71. The molecule has 0 bridgehead atoms. The van der Waals surface area contributed by atoms with E-state index >= 15 is 0 Å². The van der Waals surface area contributed by atoms with Crippen LogP contribution in [0.3, 0.4) is 0 Å². The van der Waals surface area contributed by atoms with E-state index in [9.17, 15) is 30.4 Å². The molecular formula is C24H30F2N2O6S2. The van der Waals surface area contributed by atoms with Crippen LogP contribution in [-0.4, -0.2) is 71.4 Å². The van der Waals surface area contributed by atoms with Gasteiger partial charge < -0.3 is 14.5 Å². The number of ether oxygens (including phenoxy) is 1. The van der Waals surface area contributed by atoms with Crippen molar-refractivity contribution in [3.8, 4) is 5.75 Å². The lowest BCUT2D eigenvalue weighted by Gasteiger charge is -2.36. The van der Waals surface area contributed by atoms with Crippen molar-refractivity contribution >= 4 is 31.3 Å². The monoisotopic (exact) mass is 544 g/mol. The van der Waals surface area contributed by atoms with Gasteiger partial charge in [0.1, 0.15) is 27.9 Å². The van der Waals surface area contributed by atoms with Crippen LogP contribution < -0.4 is 9.64 Å². The van der Waals surface area contributed by atoms with Crippen LogP contribution in [0.4, 0.5) is 14.5 Å². The SMILES string of the molecule is CCS(=O)(=O)c1cc(F)c(N2CCN(C(=O)c3cc(S(C)(=O)=O)ccc3OC(C)(C)C)CC2)cc1F. The summed E-state index contributed by atoms with van der Waals surface area (Å²) in [5.74, 6) is -2.47. The molecule has 36 heavy (non-hydrogen) atoms. The quantitative estimate of drug-likeness (QED) is 0.550. The van der Waals surface area contributed by atoms with E-state index in [2.05, 4.69) is 0 Å². The lowest BCUT2D eigenvalue weighted by Crippen LogP contribution is -2.49. The van der Waals surface area contributed by atoms with Gasteiger partial charge in [0.15, 0.2) is 19.7 Å². The van der Waals surface area contributed by atoms with Gasteiger partial charge in [0.2, 0.25) is 0 Å². The van der Waals surface area contributed by atoms with Gasteiger partial charge in [-0.1, -0.05) is 6.92 Å². The van der Waals surface area contributed by atoms with Gasteiger partial charge in [-0.3, -0.25) is 4.79 Å². The minimum Gasteiger partial charge on any atom is -0.487 e. The summed E-state index contributed by atoms with van der Waals surface area (Å²) in [6, 6.07) is 5.67. The molecule has 0 saturated carbocycles. The number of piperazine rings is 1. The molecule has 0 N–H and O–H groups in total. The van der Waals surface area contributed by atoms with Gasteiger partial charge in [-0.15, -0.1) is 0 Å². The number of sulfone groups is 2. The molecule has 0 aromatic heterocycles. The fourth-order valence-electron chi connectivity index (χ4n) is 3.80. The highest BCUT2D eigenvalue weighted by atomic mass is 32.2. The molecule has 2 aromatic carbocycles. The number of benzene rings is 2. The lowest BCUT2D eigenvalue weighted by molar-refractivity contribution is 0.0730. The Balaban J connectivity index is 1.85. The number of hydrogen-bond acceptors (Lipinski definition) is 7. The van der Waals surface area contributed by atoms with Crippen LogP contribution in [0, 0.1) is 11.6 Å². The standard InChI is InChI=1S/C24H30F2N2O6S2/c1-6-36(32,33)22-15-18(25)20(14-19(22)26)27-9-11-28(12-10-27)23(29)17-13-16(35(5,30)31)7-8-21(17)34-24(2,3)4/h7-8,13-15H,6,9-12H2,1-5H3. The zero-order valence-electron chi connectivity index (χ0n) is 20.8. The summed E-state index contributed by atoms with van der Waals surface area (Å²) in [4.78, 5) is 15.7. The summed E-state index contributed by atoms with van der Waals surface area (Å²) in [7, 11) is -7.50. The van der Waals surface area contributed by atoms with Crippen molar-refractivity contribution < 1.29 is 35.1 Å². The molecule has 0 atom stereocenters. The molecule has 1 saturated heterocycles. The summed E-state index contributed by atoms with van der Waals surface area (Å²) < 4.78 is 83.3. The van der Waals surface area contributed by atoms with E-state index in [-0.39, 0.29) is 53.8 Å². The molecule has 198 valence electrons. The maximum absolute atomic E-state index is 14.7. The lowest BCUT2D eigenvalue weighted by atomic mass is 10.1. The molecule has 1 aliphatic heterocycles. The predicted octanol–water partition coefficient (Wildman–Crippen LogP) is 3.30. The number of nitrogens with zero attached hydrogens (tertiary/aromatic N) is 2. The number of amides is 1. The topological polar surface area (TPSA) is 101 Å². The van der Waals surface area contributed by atoms with E-state index in [0.717, 1.165) is 12.3 Å². The van der Waals surface area contributed by atoms with Crippen LogP contribution >= 0.6 is 0 Å². The van der Waals surface area contributed by atoms with Gasteiger partial charge >= 0.3 is 0 Å². The summed E-state index contributed by atoms with van der Waals surface area (Å²) >= 11 is 0. The van der Waals surface area contributed by atoms with Crippen molar-refractivity contribution in [2.24, 2.45) is 0 Å². The van der Waals surface area contributed by atoms with Gasteiger partial charge in [0, 0.05) is 38.5 Å². The van der Waals surface area contributed by atoms with Crippen molar-refractivity contribution in [1.82, 2.24) is 4.90 Å². The van der Waals surface area contributed by atoms with Crippen LogP contribution in [0.5, 0.6) is 5.75 Å². The van der Waals surface area contributed by atoms with Crippen LogP contribution in [0.1, 0.15) is 38.1 Å². The molecule has 2 aromatic rings. The fraction of sp³-hybridized carbons (Fsp3) is 0.458. The van der Waals surface area contributed by atoms with Crippen molar-refractivity contribution in [3.05, 3.63) is 47.5 Å². The summed E-state index contributed by atoms with van der Waals surface area (Å²) in [5, 5.41) is 0. The van der Waals surface area contributed by atoms with Gasteiger partial charge in [0.25, 0.3) is 5.91 Å². The Morgan fingerprint density at radius 3 is 2.11 bits per heavy atom. The van der Waals surface area contributed by atoms with E-state index in [0.29, 0.717) is 6.07 Å². The Hall–Kier alpha value is -2.73. The Morgan fingerprint density at radius 1 is 0.972 bits per heavy atom. The van der Waals surface area contributed by atoms with E-state index in [4.69, 9.17) is 4.74 Å². The van der Waals surface area contributed by atoms with Gasteiger partial charge in [0.05, 0.1) is 21.9 Å². The first kappa shape index (κ1) is 27.9. The van der Waals surface area contributed by atoms with Crippen LogP contribution in [-0.2, 0) is 19.7 Å². The number of carbonyl (C=O) groups is 1. The number of carbonyl (C=O) groups excluding carboxylic acids is 1. The van der Waals surface area contributed by atoms with Gasteiger partial charge in [-0.25, -0.2) is 25.6 Å². The maximum atomic E-state index is 14.7. The second-order valence-corrected chi connectivity index (χ2v) is 13.8. The zero-order chi connectivity index (χ0) is 27.1. The van der Waals surface area contributed by atoms with E-state index in [1.807, 2.05) is 0 Å². The van der Waals surface area contributed by atoms with Crippen LogP contribution in [0.2, 0.25) is 0 Å². The molecule has 1 heterocycles. The van der Waals surface area contributed by atoms with Crippen LogP contribution in [0.25, 0.3) is 0 Å². The van der Waals surface area contributed by atoms with E-state index in [1.165, 1.54) is 34.9 Å². The Labute approximate surface area is 210 Å². The maximum Gasteiger partial charge on any atom is 0.257 e. The average Bonchev–Trinajstić information content (AvgIpc) is 2.78. The van der Waals surface area contributed by atoms with Gasteiger partial charge in [-0.05, 0) is 45.0 Å². The molecule has 0 radical (unpaired) electrons. The molecule has 1 amide bonds. The molecule has 0 spiro atoms.